The maximum Gasteiger partial charge on any atom is 0.328 e. The van der Waals surface area contributed by atoms with Crippen LogP contribution in [0.15, 0.2) is 0 Å². The minimum absolute atomic E-state index is 0.0271. The zero-order chi connectivity index (χ0) is 15.2. The first-order valence-electron chi connectivity index (χ1n) is 8.36. The molecule has 0 aliphatic heterocycles. The zero-order valence-electron chi connectivity index (χ0n) is 13.7. The van der Waals surface area contributed by atoms with Crippen molar-refractivity contribution < 1.29 is 14.0 Å². The van der Waals surface area contributed by atoms with Crippen LogP contribution in [0.5, 0.6) is 0 Å². The summed E-state index contributed by atoms with van der Waals surface area (Å²) in [5.41, 5.74) is 0. The molecule has 20 heavy (non-hydrogen) atoms. The van der Waals surface area contributed by atoms with Crippen LogP contribution in [0.1, 0.15) is 72.6 Å². The third-order valence-electron chi connectivity index (χ3n) is 4.56. The molecule has 1 N–H and O–H groups in total. The minimum Gasteiger partial charge on any atom is -0.324 e. The minimum atomic E-state index is -3.40. The molecule has 0 radical (unpaired) electrons. The first-order chi connectivity index (χ1) is 9.35. The Balaban J connectivity index is 2.51. The van der Waals surface area contributed by atoms with Gasteiger partial charge in [0.1, 0.15) is 0 Å². The van der Waals surface area contributed by atoms with E-state index in [1.165, 1.54) is 6.42 Å². The van der Waals surface area contributed by atoms with Gasteiger partial charge in [-0.3, -0.25) is 4.57 Å². The van der Waals surface area contributed by atoms with Crippen molar-refractivity contribution in [1.82, 2.24) is 0 Å². The van der Waals surface area contributed by atoms with E-state index < -0.39 is 7.60 Å². The lowest BCUT2D eigenvalue weighted by Crippen LogP contribution is -2.33. The highest BCUT2D eigenvalue weighted by molar-refractivity contribution is 7.52. The Morgan fingerprint density at radius 1 is 1.25 bits per heavy atom. The highest BCUT2D eigenvalue weighted by Gasteiger charge is 2.35. The molecule has 0 heterocycles. The molecule has 1 rings (SSSR count). The van der Waals surface area contributed by atoms with E-state index in [-0.39, 0.29) is 6.10 Å². The fraction of sp³-hybridized carbons (Fsp3) is 1.00. The summed E-state index contributed by atoms with van der Waals surface area (Å²) >= 11 is 0. The Morgan fingerprint density at radius 2 is 1.95 bits per heavy atom. The zero-order valence-corrected chi connectivity index (χ0v) is 14.6. The molecule has 3 nitrogen and oxygen atoms in total. The van der Waals surface area contributed by atoms with Gasteiger partial charge in [0.15, 0.2) is 0 Å². The molecule has 1 aliphatic rings. The summed E-state index contributed by atoms with van der Waals surface area (Å²) < 4.78 is 18.0. The van der Waals surface area contributed by atoms with Crippen LogP contribution in [0.2, 0.25) is 0 Å². The van der Waals surface area contributed by atoms with E-state index in [0.29, 0.717) is 23.9 Å². The van der Waals surface area contributed by atoms with E-state index in [0.717, 1.165) is 38.5 Å². The summed E-state index contributed by atoms with van der Waals surface area (Å²) in [7, 11) is -3.40. The Kier molecular flexibility index (Phi) is 7.79. The van der Waals surface area contributed by atoms with Crippen molar-refractivity contribution in [2.24, 2.45) is 17.8 Å². The second-order valence-corrected chi connectivity index (χ2v) is 8.82. The summed E-state index contributed by atoms with van der Waals surface area (Å²) in [4.78, 5) is 10.1. The second-order valence-electron chi connectivity index (χ2n) is 6.89. The summed E-state index contributed by atoms with van der Waals surface area (Å²) in [6.07, 6.45) is 7.68. The lowest BCUT2D eigenvalue weighted by molar-refractivity contribution is 0.0377. The van der Waals surface area contributed by atoms with Crippen LogP contribution < -0.4 is 0 Å². The molecule has 0 aromatic heterocycles. The first kappa shape index (κ1) is 18.2. The van der Waals surface area contributed by atoms with Crippen LogP contribution in [0.3, 0.4) is 0 Å². The van der Waals surface area contributed by atoms with E-state index in [1.54, 1.807) is 0 Å². The summed E-state index contributed by atoms with van der Waals surface area (Å²) in [5.74, 6) is 1.56. The van der Waals surface area contributed by atoms with Gasteiger partial charge in [-0.25, -0.2) is 0 Å². The van der Waals surface area contributed by atoms with Gasteiger partial charge in [-0.15, -0.1) is 0 Å². The molecule has 1 unspecified atom stereocenters. The van der Waals surface area contributed by atoms with Crippen molar-refractivity contribution in [3.05, 3.63) is 0 Å². The fourth-order valence-corrected chi connectivity index (χ4v) is 4.63. The molecular weight excluding hydrogens is 271 g/mol. The van der Waals surface area contributed by atoms with Crippen molar-refractivity contribution in [1.29, 1.82) is 0 Å². The monoisotopic (exact) mass is 304 g/mol. The smallest absolute Gasteiger partial charge is 0.324 e. The summed E-state index contributed by atoms with van der Waals surface area (Å²) in [6, 6.07) is 0. The van der Waals surface area contributed by atoms with Gasteiger partial charge >= 0.3 is 7.60 Å². The normalized spacial score (nSPS) is 30.4. The van der Waals surface area contributed by atoms with Crippen LogP contribution in [0.25, 0.3) is 0 Å². The average Bonchev–Trinajstić information content (AvgIpc) is 2.34. The molecular formula is C16H33O3P. The SMILES string of the molecule is CCCCCCP(=O)(O)O[C@@H]1C[C@H](C)CC[C@H]1C(C)C. The van der Waals surface area contributed by atoms with Gasteiger partial charge in [0, 0.05) is 6.16 Å². The van der Waals surface area contributed by atoms with E-state index in [2.05, 4.69) is 27.7 Å². The number of hydrogen-bond donors (Lipinski definition) is 1. The van der Waals surface area contributed by atoms with E-state index in [9.17, 15) is 9.46 Å². The van der Waals surface area contributed by atoms with Gasteiger partial charge in [-0.2, -0.15) is 0 Å². The third kappa shape index (κ3) is 6.28. The molecule has 1 saturated carbocycles. The molecule has 0 bridgehead atoms. The molecule has 4 heteroatoms. The predicted octanol–water partition coefficient (Wildman–Crippen LogP) is 5.23. The van der Waals surface area contributed by atoms with Crippen molar-refractivity contribution in [3.8, 4) is 0 Å². The molecule has 120 valence electrons. The average molecular weight is 304 g/mol. The molecule has 0 aromatic carbocycles. The lowest BCUT2D eigenvalue weighted by Gasteiger charge is -2.37. The topological polar surface area (TPSA) is 46.5 Å². The maximum absolute atomic E-state index is 12.3. The van der Waals surface area contributed by atoms with E-state index in [1.807, 2.05) is 0 Å². The van der Waals surface area contributed by atoms with Gasteiger partial charge in [-0.05, 0) is 37.0 Å². The van der Waals surface area contributed by atoms with Crippen LogP contribution in [-0.4, -0.2) is 17.2 Å². The largest absolute Gasteiger partial charge is 0.328 e. The van der Waals surface area contributed by atoms with Gasteiger partial charge in [-0.1, -0.05) is 53.4 Å². The third-order valence-corrected chi connectivity index (χ3v) is 6.04. The van der Waals surface area contributed by atoms with Crippen molar-refractivity contribution in [2.75, 3.05) is 6.16 Å². The first-order valence-corrected chi connectivity index (χ1v) is 10.1. The predicted molar refractivity (Wildman–Crippen MR) is 85.1 cm³/mol. The van der Waals surface area contributed by atoms with Crippen molar-refractivity contribution >= 4 is 7.60 Å². The Bertz CT molecular complexity index is 317. The second kappa shape index (κ2) is 8.56. The van der Waals surface area contributed by atoms with Gasteiger partial charge < -0.3 is 9.42 Å². The van der Waals surface area contributed by atoms with Crippen molar-refractivity contribution in [2.45, 2.75) is 78.7 Å². The Morgan fingerprint density at radius 3 is 2.55 bits per heavy atom. The Labute approximate surface area is 125 Å². The Hall–Kier alpha value is 0.150. The van der Waals surface area contributed by atoms with Crippen LogP contribution in [0.4, 0.5) is 0 Å². The number of unbranched alkanes of at least 4 members (excludes halogenated alkanes) is 3. The molecule has 1 fully saturated rings. The number of hydrogen-bond acceptors (Lipinski definition) is 2. The molecule has 0 aromatic rings. The van der Waals surface area contributed by atoms with Crippen LogP contribution >= 0.6 is 7.60 Å². The highest BCUT2D eigenvalue weighted by Crippen LogP contribution is 2.49. The summed E-state index contributed by atoms with van der Waals surface area (Å²) in [6.45, 7) is 8.75. The van der Waals surface area contributed by atoms with E-state index >= 15 is 0 Å². The van der Waals surface area contributed by atoms with Gasteiger partial charge in [0.2, 0.25) is 0 Å². The van der Waals surface area contributed by atoms with Crippen LogP contribution in [0, 0.1) is 17.8 Å². The fourth-order valence-electron chi connectivity index (χ4n) is 3.24. The summed E-state index contributed by atoms with van der Waals surface area (Å²) in [5, 5.41) is 0. The molecule has 0 saturated heterocycles. The molecule has 1 aliphatic carbocycles. The van der Waals surface area contributed by atoms with Crippen molar-refractivity contribution in [3.63, 3.8) is 0 Å². The van der Waals surface area contributed by atoms with Gasteiger partial charge in [0.25, 0.3) is 0 Å². The molecule has 0 spiro atoms. The van der Waals surface area contributed by atoms with E-state index in [4.69, 9.17) is 4.52 Å². The lowest BCUT2D eigenvalue weighted by atomic mass is 9.75. The quantitative estimate of drug-likeness (QED) is 0.493. The highest BCUT2D eigenvalue weighted by atomic mass is 31.2. The van der Waals surface area contributed by atoms with Crippen LogP contribution in [-0.2, 0) is 9.09 Å². The van der Waals surface area contributed by atoms with Gasteiger partial charge in [0.05, 0.1) is 6.10 Å². The number of rotatable bonds is 8. The molecule has 4 atom stereocenters. The molecule has 0 amide bonds. The standard InChI is InChI=1S/C16H33O3P/c1-5-6-7-8-11-20(17,18)19-16-12-14(4)9-10-15(16)13(2)3/h13-16H,5-12H2,1-4H3,(H,17,18)/t14-,15+,16-/m1/s1. The maximum atomic E-state index is 12.3.